The van der Waals surface area contributed by atoms with Crippen LogP contribution in [0.2, 0.25) is 0 Å². The molecule has 0 unspecified atom stereocenters. The highest BCUT2D eigenvalue weighted by Crippen LogP contribution is 2.04. The summed E-state index contributed by atoms with van der Waals surface area (Å²) in [7, 11) is 0. The molecule has 0 saturated heterocycles. The molecule has 2 heteroatoms. The van der Waals surface area contributed by atoms with Crippen LogP contribution < -0.4 is 0 Å². The quantitative estimate of drug-likeness (QED) is 0.394. The Morgan fingerprint density at radius 3 is 2.73 bits per heavy atom. The number of halogens is 1. The largest absolute Gasteiger partial charge is 0.289 e. The van der Waals surface area contributed by atoms with Crippen molar-refractivity contribution in [3.05, 3.63) is 36.0 Å². The molecule has 0 N–H and O–H groups in total. The van der Waals surface area contributed by atoms with Crippen LogP contribution >= 0.6 is 11.6 Å². The maximum absolute atomic E-state index is 11.0. The Labute approximate surface area is 70.0 Å². The SMILES string of the molecule is O=C1C=CC=C/C1=C/C#CCl. The third-order valence-electron chi connectivity index (χ3n) is 1.20. The molecule has 1 aliphatic rings. The standard InChI is InChI=1S/C9H5ClO/c10-7-3-5-8-4-1-2-6-9(8)11/h1-2,4-6H/b8-5-. The first kappa shape index (κ1) is 7.84. The van der Waals surface area contributed by atoms with Gasteiger partial charge in [-0.1, -0.05) is 24.1 Å². The molecular formula is C9H5ClO. The lowest BCUT2D eigenvalue weighted by Crippen LogP contribution is -1.97. The zero-order valence-electron chi connectivity index (χ0n) is 5.67. The molecule has 1 aliphatic carbocycles. The van der Waals surface area contributed by atoms with Crippen LogP contribution in [-0.4, -0.2) is 5.78 Å². The van der Waals surface area contributed by atoms with E-state index >= 15 is 0 Å². The third kappa shape index (κ3) is 2.10. The van der Waals surface area contributed by atoms with E-state index < -0.39 is 0 Å². The Kier molecular flexibility index (Phi) is 2.71. The van der Waals surface area contributed by atoms with Crippen molar-refractivity contribution >= 4 is 17.4 Å². The van der Waals surface area contributed by atoms with Gasteiger partial charge in [0, 0.05) is 17.0 Å². The van der Waals surface area contributed by atoms with Crippen LogP contribution in [0.3, 0.4) is 0 Å². The Morgan fingerprint density at radius 2 is 2.09 bits per heavy atom. The zero-order valence-corrected chi connectivity index (χ0v) is 6.43. The normalized spacial score (nSPS) is 18.3. The predicted molar refractivity (Wildman–Crippen MR) is 45.0 cm³/mol. The maximum Gasteiger partial charge on any atom is 0.186 e. The molecule has 0 heterocycles. The summed E-state index contributed by atoms with van der Waals surface area (Å²) in [5.74, 6) is 2.46. The number of allylic oxidation sites excluding steroid dienone is 6. The van der Waals surface area contributed by atoms with Gasteiger partial charge in [-0.25, -0.2) is 0 Å². The molecule has 0 saturated carbocycles. The van der Waals surface area contributed by atoms with Gasteiger partial charge in [-0.15, -0.1) is 0 Å². The lowest BCUT2D eigenvalue weighted by atomic mass is 10.1. The van der Waals surface area contributed by atoms with Gasteiger partial charge in [-0.3, -0.25) is 4.79 Å². The minimum atomic E-state index is -0.0353. The fraction of sp³-hybridized carbons (Fsp3) is 0. The summed E-state index contributed by atoms with van der Waals surface area (Å²) in [4.78, 5) is 11.0. The van der Waals surface area contributed by atoms with E-state index in [0.717, 1.165) is 0 Å². The summed E-state index contributed by atoms with van der Waals surface area (Å²) < 4.78 is 0. The number of carbonyl (C=O) groups excluding carboxylic acids is 1. The average molecular weight is 165 g/mol. The average Bonchev–Trinajstić information content (AvgIpc) is 2.03. The van der Waals surface area contributed by atoms with E-state index in [1.807, 2.05) is 0 Å². The molecule has 0 aliphatic heterocycles. The van der Waals surface area contributed by atoms with Crippen molar-refractivity contribution in [2.24, 2.45) is 0 Å². The van der Waals surface area contributed by atoms with E-state index in [-0.39, 0.29) is 5.78 Å². The molecule has 1 nitrogen and oxygen atoms in total. The van der Waals surface area contributed by atoms with Crippen molar-refractivity contribution in [1.82, 2.24) is 0 Å². The fourth-order valence-corrected chi connectivity index (χ4v) is 0.759. The monoisotopic (exact) mass is 164 g/mol. The van der Waals surface area contributed by atoms with Gasteiger partial charge >= 0.3 is 0 Å². The fourth-order valence-electron chi connectivity index (χ4n) is 0.705. The third-order valence-corrected chi connectivity index (χ3v) is 1.31. The highest BCUT2D eigenvalue weighted by Gasteiger charge is 2.02. The molecule has 0 amide bonds. The summed E-state index contributed by atoms with van der Waals surface area (Å²) in [5, 5.41) is 2.17. The molecule has 1 rings (SSSR count). The smallest absolute Gasteiger partial charge is 0.186 e. The minimum Gasteiger partial charge on any atom is -0.289 e. The highest BCUT2D eigenvalue weighted by molar-refractivity contribution is 6.30. The van der Waals surface area contributed by atoms with Gasteiger partial charge < -0.3 is 0 Å². The molecule has 11 heavy (non-hydrogen) atoms. The maximum atomic E-state index is 11.0. The van der Waals surface area contributed by atoms with Crippen LogP contribution in [0.25, 0.3) is 0 Å². The van der Waals surface area contributed by atoms with Crippen molar-refractivity contribution in [1.29, 1.82) is 0 Å². The Balaban J connectivity index is 2.87. The van der Waals surface area contributed by atoms with E-state index in [1.165, 1.54) is 12.2 Å². The number of hydrogen-bond acceptors (Lipinski definition) is 1. The molecule has 0 fully saturated rings. The van der Waals surface area contributed by atoms with Crippen molar-refractivity contribution in [2.75, 3.05) is 0 Å². The molecular weight excluding hydrogens is 160 g/mol. The molecule has 0 aromatic carbocycles. The molecule has 0 bridgehead atoms. The molecule has 0 aromatic rings. The second-order valence-electron chi connectivity index (χ2n) is 1.92. The number of hydrogen-bond donors (Lipinski definition) is 0. The van der Waals surface area contributed by atoms with E-state index in [9.17, 15) is 4.79 Å². The summed E-state index contributed by atoms with van der Waals surface area (Å²) in [5.41, 5.74) is 0.570. The number of rotatable bonds is 0. The van der Waals surface area contributed by atoms with Crippen LogP contribution in [0.15, 0.2) is 36.0 Å². The van der Waals surface area contributed by atoms with Gasteiger partial charge in [0.1, 0.15) is 0 Å². The number of ketones is 1. The van der Waals surface area contributed by atoms with Crippen LogP contribution in [0.5, 0.6) is 0 Å². The number of carbonyl (C=O) groups is 1. The lowest BCUT2D eigenvalue weighted by molar-refractivity contribution is -0.111. The van der Waals surface area contributed by atoms with Crippen LogP contribution in [0.4, 0.5) is 0 Å². The molecule has 0 aromatic heterocycles. The molecule has 0 radical (unpaired) electrons. The van der Waals surface area contributed by atoms with E-state index in [1.54, 1.807) is 18.2 Å². The first-order valence-electron chi connectivity index (χ1n) is 3.05. The summed E-state index contributed by atoms with van der Waals surface area (Å²) in [6, 6.07) is 0. The van der Waals surface area contributed by atoms with Gasteiger partial charge in [0.15, 0.2) is 5.78 Å². The van der Waals surface area contributed by atoms with Gasteiger partial charge in [0.2, 0.25) is 0 Å². The Bertz CT molecular complexity index is 310. The van der Waals surface area contributed by atoms with Gasteiger partial charge in [-0.05, 0) is 17.7 Å². The predicted octanol–water partition coefficient (Wildman–Crippen LogP) is 1.81. The second-order valence-corrected chi connectivity index (χ2v) is 2.11. The Hall–Kier alpha value is -1.26. The topological polar surface area (TPSA) is 17.1 Å². The minimum absolute atomic E-state index is 0.0353. The summed E-state index contributed by atoms with van der Waals surface area (Å²) in [6.45, 7) is 0. The first-order valence-corrected chi connectivity index (χ1v) is 3.43. The summed E-state index contributed by atoms with van der Waals surface area (Å²) in [6.07, 6.45) is 8.15. The molecule has 54 valence electrons. The van der Waals surface area contributed by atoms with Crippen molar-refractivity contribution in [3.8, 4) is 11.3 Å². The van der Waals surface area contributed by atoms with Crippen molar-refractivity contribution in [2.45, 2.75) is 0 Å². The van der Waals surface area contributed by atoms with E-state index in [4.69, 9.17) is 11.6 Å². The lowest BCUT2D eigenvalue weighted by Gasteiger charge is -1.96. The van der Waals surface area contributed by atoms with Gasteiger partial charge in [-0.2, -0.15) is 0 Å². The van der Waals surface area contributed by atoms with E-state index in [0.29, 0.717) is 5.57 Å². The van der Waals surface area contributed by atoms with Crippen molar-refractivity contribution in [3.63, 3.8) is 0 Å². The van der Waals surface area contributed by atoms with Gasteiger partial charge in [0.05, 0.1) is 0 Å². The first-order chi connectivity index (χ1) is 5.34. The highest BCUT2D eigenvalue weighted by atomic mass is 35.5. The van der Waals surface area contributed by atoms with E-state index in [2.05, 4.69) is 11.3 Å². The van der Waals surface area contributed by atoms with Crippen LogP contribution in [0, 0.1) is 11.3 Å². The Morgan fingerprint density at radius 1 is 1.36 bits per heavy atom. The van der Waals surface area contributed by atoms with Crippen LogP contribution in [0.1, 0.15) is 0 Å². The van der Waals surface area contributed by atoms with Crippen LogP contribution in [-0.2, 0) is 4.79 Å². The molecule has 0 spiro atoms. The summed E-state index contributed by atoms with van der Waals surface area (Å²) >= 11 is 5.11. The zero-order chi connectivity index (χ0) is 8.10. The molecule has 0 atom stereocenters. The van der Waals surface area contributed by atoms with Gasteiger partial charge in [0.25, 0.3) is 0 Å². The van der Waals surface area contributed by atoms with Crippen molar-refractivity contribution < 1.29 is 4.79 Å². The second kappa shape index (κ2) is 3.80.